The van der Waals surface area contributed by atoms with E-state index < -0.39 is 8.07 Å². The summed E-state index contributed by atoms with van der Waals surface area (Å²) >= 11 is 0. The molecule has 0 bridgehead atoms. The normalized spacial score (nSPS) is 13.4. The monoisotopic (exact) mass is 721 g/mol. The molecule has 0 aliphatic carbocycles. The van der Waals surface area contributed by atoms with Crippen LogP contribution in [0.15, 0.2) is 160 Å². The standard InChI is InChI=1S/C49H31N3O2Si/c1-55(2)41-21-10-7-16-35(41)45-42(55)27-37(44-34-15-6-9-19-39(34)54-46(44)45)49-51-47(30-24-25-32-29(26-30)23-22-28-12-3-4-13-31(28)32)50-48(52-49)36-17-11-20-40-43(36)33-14-5-8-18-38(33)53-40/h3-27H,1-2H3. The maximum atomic E-state index is 6.85. The average Bonchev–Trinajstić information content (AvgIpc) is 3.88. The van der Waals surface area contributed by atoms with E-state index >= 15 is 0 Å². The highest BCUT2D eigenvalue weighted by atomic mass is 28.3. The van der Waals surface area contributed by atoms with E-state index in [0.717, 1.165) is 66.0 Å². The molecule has 12 rings (SSSR count). The molecule has 0 unspecified atom stereocenters. The maximum Gasteiger partial charge on any atom is 0.164 e. The molecule has 258 valence electrons. The van der Waals surface area contributed by atoms with E-state index in [9.17, 15) is 0 Å². The second-order valence-corrected chi connectivity index (χ2v) is 19.5. The van der Waals surface area contributed by atoms with Crippen LogP contribution in [0.1, 0.15) is 0 Å². The predicted molar refractivity (Wildman–Crippen MR) is 228 cm³/mol. The number of aromatic nitrogens is 3. The number of para-hydroxylation sites is 2. The number of hydrogen-bond acceptors (Lipinski definition) is 5. The number of fused-ring (bicyclic) bond motifs is 13. The molecule has 6 heteroatoms. The Bertz CT molecular complexity index is 3430. The number of rotatable bonds is 3. The molecule has 0 N–H and O–H groups in total. The minimum atomic E-state index is -2.12. The molecule has 0 saturated heterocycles. The van der Waals surface area contributed by atoms with E-state index in [1.54, 1.807) is 0 Å². The highest BCUT2D eigenvalue weighted by Gasteiger charge is 2.40. The molecular formula is C49H31N3O2Si. The molecule has 0 atom stereocenters. The molecule has 0 saturated carbocycles. The van der Waals surface area contributed by atoms with Crippen LogP contribution in [0.25, 0.3) is 111 Å². The van der Waals surface area contributed by atoms with Gasteiger partial charge in [0.05, 0.1) is 0 Å². The molecule has 5 nitrogen and oxygen atoms in total. The van der Waals surface area contributed by atoms with E-state index in [0.29, 0.717) is 17.5 Å². The van der Waals surface area contributed by atoms with Gasteiger partial charge in [-0.05, 0) is 67.8 Å². The largest absolute Gasteiger partial charge is 0.456 e. The molecule has 4 heterocycles. The van der Waals surface area contributed by atoms with E-state index in [1.165, 1.54) is 37.7 Å². The number of nitrogens with zero attached hydrogens (tertiary/aromatic N) is 3. The van der Waals surface area contributed by atoms with E-state index in [-0.39, 0.29) is 0 Å². The molecule has 1 aliphatic rings. The fourth-order valence-corrected chi connectivity index (χ4v) is 12.1. The van der Waals surface area contributed by atoms with Gasteiger partial charge in [0.2, 0.25) is 0 Å². The summed E-state index contributed by atoms with van der Waals surface area (Å²) in [6, 6.07) is 53.3. The topological polar surface area (TPSA) is 65.0 Å². The molecule has 0 fully saturated rings. The van der Waals surface area contributed by atoms with E-state index in [1.807, 2.05) is 36.4 Å². The zero-order chi connectivity index (χ0) is 36.4. The Labute approximate surface area is 316 Å². The summed E-state index contributed by atoms with van der Waals surface area (Å²) in [6.45, 7) is 4.87. The molecule has 3 aromatic heterocycles. The van der Waals surface area contributed by atoms with Gasteiger partial charge >= 0.3 is 0 Å². The van der Waals surface area contributed by atoms with Crippen molar-refractivity contribution in [2.24, 2.45) is 0 Å². The first kappa shape index (κ1) is 30.6. The lowest BCUT2D eigenvalue weighted by Crippen LogP contribution is -2.49. The molecule has 1 aliphatic heterocycles. The second kappa shape index (κ2) is 11.1. The summed E-state index contributed by atoms with van der Waals surface area (Å²) in [5, 5.41) is 11.6. The van der Waals surface area contributed by atoms with Gasteiger partial charge < -0.3 is 8.83 Å². The van der Waals surface area contributed by atoms with Crippen molar-refractivity contribution < 1.29 is 8.83 Å². The van der Waals surface area contributed by atoms with Crippen LogP contribution < -0.4 is 10.4 Å². The molecule has 0 amide bonds. The maximum absolute atomic E-state index is 6.85. The second-order valence-electron chi connectivity index (χ2n) is 15.1. The van der Waals surface area contributed by atoms with Gasteiger partial charge in [0.15, 0.2) is 17.5 Å². The summed E-state index contributed by atoms with van der Waals surface area (Å²) < 4.78 is 13.2. The van der Waals surface area contributed by atoms with Gasteiger partial charge in [-0.25, -0.2) is 15.0 Å². The van der Waals surface area contributed by atoms with Gasteiger partial charge in [-0.15, -0.1) is 0 Å². The Balaban J connectivity index is 1.18. The van der Waals surface area contributed by atoms with E-state index in [4.69, 9.17) is 23.8 Å². The first-order valence-electron chi connectivity index (χ1n) is 18.7. The van der Waals surface area contributed by atoms with Crippen LogP contribution >= 0.6 is 0 Å². The first-order chi connectivity index (χ1) is 27.0. The Morgan fingerprint density at radius 2 is 1.04 bits per heavy atom. The highest BCUT2D eigenvalue weighted by Crippen LogP contribution is 2.44. The highest BCUT2D eigenvalue weighted by molar-refractivity contribution is 7.04. The van der Waals surface area contributed by atoms with Crippen LogP contribution in [-0.4, -0.2) is 23.0 Å². The summed E-state index contributed by atoms with van der Waals surface area (Å²) in [6.07, 6.45) is 0. The van der Waals surface area contributed by atoms with Crippen molar-refractivity contribution >= 4 is 83.9 Å². The molecular weight excluding hydrogens is 691 g/mol. The Morgan fingerprint density at radius 1 is 0.418 bits per heavy atom. The van der Waals surface area contributed by atoms with Gasteiger partial charge in [-0.2, -0.15) is 0 Å². The molecule has 11 aromatic rings. The predicted octanol–water partition coefficient (Wildman–Crippen LogP) is 11.8. The van der Waals surface area contributed by atoms with Crippen LogP contribution in [0.5, 0.6) is 0 Å². The Hall–Kier alpha value is -6.89. The van der Waals surface area contributed by atoms with Gasteiger partial charge in [0, 0.05) is 43.8 Å². The number of hydrogen-bond donors (Lipinski definition) is 0. The fraction of sp³-hybridized carbons (Fsp3) is 0.0408. The van der Waals surface area contributed by atoms with Crippen molar-refractivity contribution in [3.8, 4) is 45.3 Å². The molecule has 8 aromatic carbocycles. The SMILES string of the molecule is C[Si]1(C)c2ccccc2-c2c1cc(-c1nc(-c3ccc4c(ccc5ccccc54)c3)nc(-c3cccc4oc5ccccc5c34)n1)c1c2oc2ccccc21. The van der Waals surface area contributed by atoms with Crippen LogP contribution in [0, 0.1) is 0 Å². The Kier molecular flexibility index (Phi) is 6.15. The van der Waals surface area contributed by atoms with Crippen LogP contribution in [-0.2, 0) is 0 Å². The third-order valence-electron chi connectivity index (χ3n) is 11.7. The van der Waals surface area contributed by atoms with Gasteiger partial charge in [0.25, 0.3) is 0 Å². The lowest BCUT2D eigenvalue weighted by atomic mass is 9.97. The third-order valence-corrected chi connectivity index (χ3v) is 15.2. The van der Waals surface area contributed by atoms with Crippen LogP contribution in [0.2, 0.25) is 13.1 Å². The first-order valence-corrected chi connectivity index (χ1v) is 21.7. The third kappa shape index (κ3) is 4.31. The summed E-state index contributed by atoms with van der Waals surface area (Å²) in [7, 11) is -2.12. The smallest absolute Gasteiger partial charge is 0.164 e. The Morgan fingerprint density at radius 3 is 1.89 bits per heavy atom. The summed E-state index contributed by atoms with van der Waals surface area (Å²) in [5.41, 5.74) is 8.61. The fourth-order valence-electron chi connectivity index (χ4n) is 9.09. The van der Waals surface area contributed by atoms with Crippen LogP contribution in [0.3, 0.4) is 0 Å². The van der Waals surface area contributed by atoms with Crippen molar-refractivity contribution in [1.82, 2.24) is 15.0 Å². The molecule has 55 heavy (non-hydrogen) atoms. The van der Waals surface area contributed by atoms with Crippen molar-refractivity contribution in [1.29, 1.82) is 0 Å². The summed E-state index contributed by atoms with van der Waals surface area (Å²) in [5.74, 6) is 1.82. The average molecular weight is 722 g/mol. The number of furan rings is 2. The molecule has 0 spiro atoms. The van der Waals surface area contributed by atoms with Crippen molar-refractivity contribution in [2.75, 3.05) is 0 Å². The van der Waals surface area contributed by atoms with Crippen molar-refractivity contribution in [2.45, 2.75) is 13.1 Å². The minimum absolute atomic E-state index is 0.594. The lowest BCUT2D eigenvalue weighted by Gasteiger charge is -2.19. The minimum Gasteiger partial charge on any atom is -0.456 e. The summed E-state index contributed by atoms with van der Waals surface area (Å²) in [4.78, 5) is 16.1. The van der Waals surface area contributed by atoms with E-state index in [2.05, 4.69) is 128 Å². The van der Waals surface area contributed by atoms with Crippen molar-refractivity contribution in [3.05, 3.63) is 152 Å². The van der Waals surface area contributed by atoms with Gasteiger partial charge in [0.1, 0.15) is 30.4 Å². The number of benzene rings is 8. The van der Waals surface area contributed by atoms with Gasteiger partial charge in [-0.1, -0.05) is 134 Å². The van der Waals surface area contributed by atoms with Gasteiger partial charge in [-0.3, -0.25) is 0 Å². The zero-order valence-electron chi connectivity index (χ0n) is 30.1. The molecule has 0 radical (unpaired) electrons. The lowest BCUT2D eigenvalue weighted by molar-refractivity contribution is 0.669. The quantitative estimate of drug-likeness (QED) is 0.134. The van der Waals surface area contributed by atoms with Crippen LogP contribution in [0.4, 0.5) is 0 Å². The zero-order valence-corrected chi connectivity index (χ0v) is 31.1. The van der Waals surface area contributed by atoms with Crippen molar-refractivity contribution in [3.63, 3.8) is 0 Å².